The highest BCUT2D eigenvalue weighted by Gasteiger charge is 2.47. The van der Waals surface area contributed by atoms with Gasteiger partial charge in [-0.1, -0.05) is 0 Å². The molecule has 3 aliphatic rings. The van der Waals surface area contributed by atoms with E-state index in [1.807, 2.05) is 11.8 Å². The minimum atomic E-state index is -2.61. The molecule has 9 nitrogen and oxygen atoms in total. The van der Waals surface area contributed by atoms with Crippen LogP contribution >= 0.6 is 0 Å². The van der Waals surface area contributed by atoms with Crippen molar-refractivity contribution in [1.82, 2.24) is 25.1 Å². The fourth-order valence-electron chi connectivity index (χ4n) is 5.72. The van der Waals surface area contributed by atoms with E-state index in [1.165, 1.54) is 6.20 Å². The Labute approximate surface area is 195 Å². The number of nitrogens with two attached hydrogens (primary N) is 1. The van der Waals surface area contributed by atoms with E-state index in [-0.39, 0.29) is 23.3 Å². The van der Waals surface area contributed by atoms with E-state index in [1.54, 1.807) is 12.3 Å². The number of anilines is 3. The van der Waals surface area contributed by atoms with Crippen LogP contribution < -0.4 is 15.5 Å². The second kappa shape index (κ2) is 8.09. The summed E-state index contributed by atoms with van der Waals surface area (Å²) in [6, 6.07) is 1.83. The molecule has 2 saturated heterocycles. The zero-order valence-corrected chi connectivity index (χ0v) is 19.0. The molecule has 11 heteroatoms. The lowest BCUT2D eigenvalue weighted by Gasteiger charge is -2.41. The van der Waals surface area contributed by atoms with Crippen LogP contribution in [0.4, 0.5) is 26.1 Å². The Kier molecular flexibility index (Phi) is 5.14. The number of piperidine rings is 1. The van der Waals surface area contributed by atoms with Crippen LogP contribution in [0.3, 0.4) is 0 Å². The smallest absolute Gasteiger partial charge is 0.280 e. The molecule has 0 amide bonds. The highest BCUT2D eigenvalue weighted by atomic mass is 19.3. The van der Waals surface area contributed by atoms with Crippen molar-refractivity contribution in [3.05, 3.63) is 29.7 Å². The van der Waals surface area contributed by atoms with E-state index < -0.39 is 6.43 Å². The van der Waals surface area contributed by atoms with Gasteiger partial charge in [0.25, 0.3) is 6.43 Å². The number of aromatic amines is 1. The molecule has 0 aliphatic carbocycles. The third kappa shape index (κ3) is 3.32. The van der Waals surface area contributed by atoms with Crippen molar-refractivity contribution in [2.24, 2.45) is 11.1 Å². The topological polar surface area (TPSA) is 109 Å². The molecule has 6 heterocycles. The van der Waals surface area contributed by atoms with Gasteiger partial charge in [0, 0.05) is 48.5 Å². The summed E-state index contributed by atoms with van der Waals surface area (Å²) in [6.45, 7) is 5.12. The molecule has 0 radical (unpaired) electrons. The molecule has 2 fully saturated rings. The van der Waals surface area contributed by atoms with Crippen molar-refractivity contribution in [2.75, 3.05) is 36.0 Å². The molecule has 3 aromatic rings. The minimum Gasteiger partial charge on any atom is -0.376 e. The molecule has 1 spiro atoms. The Morgan fingerprint density at radius 3 is 2.79 bits per heavy atom. The average molecular weight is 471 g/mol. The van der Waals surface area contributed by atoms with Gasteiger partial charge in [0.15, 0.2) is 17.0 Å². The van der Waals surface area contributed by atoms with Crippen LogP contribution in [0, 0.1) is 5.41 Å². The molecule has 3 N–H and O–H groups in total. The summed E-state index contributed by atoms with van der Waals surface area (Å²) < 4.78 is 32.8. The van der Waals surface area contributed by atoms with E-state index in [4.69, 9.17) is 15.5 Å². The summed E-state index contributed by atoms with van der Waals surface area (Å²) in [5, 5.41) is 7.47. The summed E-state index contributed by atoms with van der Waals surface area (Å²) in [7, 11) is 0. The molecule has 2 atom stereocenters. The van der Waals surface area contributed by atoms with Gasteiger partial charge in [-0.3, -0.25) is 10.1 Å². The third-order valence-corrected chi connectivity index (χ3v) is 7.80. The molecule has 34 heavy (non-hydrogen) atoms. The first-order valence-electron chi connectivity index (χ1n) is 11.8. The molecule has 6 rings (SSSR count). The predicted molar refractivity (Wildman–Crippen MR) is 123 cm³/mol. The van der Waals surface area contributed by atoms with Gasteiger partial charge in [0.1, 0.15) is 11.5 Å². The van der Waals surface area contributed by atoms with E-state index in [0.29, 0.717) is 41.2 Å². The summed E-state index contributed by atoms with van der Waals surface area (Å²) in [6.07, 6.45) is 3.91. The highest BCUT2D eigenvalue weighted by Crippen LogP contribution is 2.42. The van der Waals surface area contributed by atoms with Crippen molar-refractivity contribution >= 4 is 28.5 Å². The van der Waals surface area contributed by atoms with Crippen LogP contribution in [0.5, 0.6) is 0 Å². The summed E-state index contributed by atoms with van der Waals surface area (Å²) in [5.74, 6) is 1.39. The lowest BCUT2D eigenvalue weighted by atomic mass is 9.73. The van der Waals surface area contributed by atoms with Crippen molar-refractivity contribution in [3.8, 4) is 0 Å². The largest absolute Gasteiger partial charge is 0.376 e. The minimum absolute atomic E-state index is 0.0438. The van der Waals surface area contributed by atoms with Gasteiger partial charge in [-0.05, 0) is 38.7 Å². The standard InChI is InChI=1S/C23H28F2N8O/c1-13-19(26)23(12-34-13)5-9-32(10-6-23)16-11-28-18-21(29-16)30-31-22(18)33-8-2-3-14-15(33)4-7-27-17(14)20(24)25/h4,7,11,13,19-20H,2-3,5-6,8-10,12,26H2,1H3,(H,29,30,31)/t13-,19+/m0/s1. The molecular formula is C23H28F2N8O. The summed E-state index contributed by atoms with van der Waals surface area (Å²) >= 11 is 0. The number of rotatable bonds is 3. The van der Waals surface area contributed by atoms with Crippen LogP contribution in [0.1, 0.15) is 43.9 Å². The van der Waals surface area contributed by atoms with Crippen molar-refractivity contribution in [1.29, 1.82) is 0 Å². The van der Waals surface area contributed by atoms with Crippen LogP contribution in [-0.4, -0.2) is 63.5 Å². The molecule has 0 aromatic carbocycles. The number of alkyl halides is 2. The maximum absolute atomic E-state index is 13.5. The maximum atomic E-state index is 13.5. The van der Waals surface area contributed by atoms with E-state index >= 15 is 0 Å². The second-order valence-corrected chi connectivity index (χ2v) is 9.61. The van der Waals surface area contributed by atoms with Crippen molar-refractivity contribution in [3.63, 3.8) is 0 Å². The third-order valence-electron chi connectivity index (χ3n) is 7.80. The average Bonchev–Trinajstić information content (AvgIpc) is 3.40. The first kappa shape index (κ1) is 21.6. The molecule has 3 aromatic heterocycles. The van der Waals surface area contributed by atoms with Gasteiger partial charge in [0.05, 0.1) is 18.9 Å². The number of H-pyrrole nitrogens is 1. The Morgan fingerprint density at radius 2 is 2.06 bits per heavy atom. The molecule has 0 bridgehead atoms. The van der Waals surface area contributed by atoms with Gasteiger partial charge in [0.2, 0.25) is 0 Å². The SMILES string of the molecule is C[C@@H]1OCC2(CCN(c3cnc4c(N5CCCc6c5ccnc6C(F)F)n[nH]c4n3)CC2)[C@@H]1N. The van der Waals surface area contributed by atoms with Gasteiger partial charge in [-0.25, -0.2) is 18.7 Å². The number of pyridine rings is 1. The quantitative estimate of drug-likeness (QED) is 0.601. The van der Waals surface area contributed by atoms with E-state index in [9.17, 15) is 8.78 Å². The van der Waals surface area contributed by atoms with Gasteiger partial charge >= 0.3 is 0 Å². The first-order valence-corrected chi connectivity index (χ1v) is 11.8. The Balaban J connectivity index is 1.26. The first-order chi connectivity index (χ1) is 16.5. The fourth-order valence-corrected chi connectivity index (χ4v) is 5.72. The predicted octanol–water partition coefficient (Wildman–Crippen LogP) is 3.10. The second-order valence-electron chi connectivity index (χ2n) is 9.61. The van der Waals surface area contributed by atoms with Crippen LogP contribution in [0.2, 0.25) is 0 Å². The molecule has 180 valence electrons. The summed E-state index contributed by atoms with van der Waals surface area (Å²) in [4.78, 5) is 17.6. The number of hydrogen-bond donors (Lipinski definition) is 2. The van der Waals surface area contributed by atoms with Gasteiger partial charge < -0.3 is 20.3 Å². The molecule has 3 aliphatic heterocycles. The number of nitrogens with one attached hydrogen (secondary N) is 1. The Bertz CT molecular complexity index is 1210. The van der Waals surface area contributed by atoms with E-state index in [2.05, 4.69) is 25.1 Å². The zero-order chi connectivity index (χ0) is 23.4. The highest BCUT2D eigenvalue weighted by molar-refractivity contribution is 5.87. The maximum Gasteiger partial charge on any atom is 0.280 e. The number of hydrogen-bond acceptors (Lipinski definition) is 8. The van der Waals surface area contributed by atoms with Gasteiger partial charge in [-0.15, -0.1) is 0 Å². The number of halogens is 2. The lowest BCUT2D eigenvalue weighted by Crippen LogP contribution is -2.50. The fraction of sp³-hybridized carbons (Fsp3) is 0.565. The number of nitrogens with zero attached hydrogens (tertiary/aromatic N) is 6. The number of ether oxygens (including phenoxy) is 1. The molecular weight excluding hydrogens is 442 g/mol. The number of fused-ring (bicyclic) bond motifs is 2. The normalized spacial score (nSPS) is 24.4. The van der Waals surface area contributed by atoms with Crippen LogP contribution in [0.15, 0.2) is 18.5 Å². The monoisotopic (exact) mass is 470 g/mol. The Hall–Kier alpha value is -2.92. The summed E-state index contributed by atoms with van der Waals surface area (Å²) in [5.41, 5.74) is 8.83. The number of aromatic nitrogens is 5. The van der Waals surface area contributed by atoms with Crippen molar-refractivity contribution < 1.29 is 13.5 Å². The van der Waals surface area contributed by atoms with E-state index in [0.717, 1.165) is 44.8 Å². The van der Waals surface area contributed by atoms with Crippen LogP contribution in [0.25, 0.3) is 11.2 Å². The molecule has 0 unspecified atom stereocenters. The molecule has 0 saturated carbocycles. The zero-order valence-electron chi connectivity index (χ0n) is 19.0. The van der Waals surface area contributed by atoms with Crippen LogP contribution in [-0.2, 0) is 11.2 Å². The Morgan fingerprint density at radius 1 is 1.24 bits per heavy atom. The lowest BCUT2D eigenvalue weighted by molar-refractivity contribution is 0.0974. The van der Waals surface area contributed by atoms with Gasteiger partial charge in [-0.2, -0.15) is 5.10 Å². The van der Waals surface area contributed by atoms with Crippen molar-refractivity contribution in [2.45, 2.75) is 51.2 Å².